The molecule has 14 heavy (non-hydrogen) atoms. The van der Waals surface area contributed by atoms with Crippen LogP contribution in [0.4, 0.5) is 0 Å². The zero-order valence-electron chi connectivity index (χ0n) is 9.66. The summed E-state index contributed by atoms with van der Waals surface area (Å²) in [6.45, 7) is 10.1. The summed E-state index contributed by atoms with van der Waals surface area (Å²) in [5, 5.41) is 1.02. The largest absolute Gasteiger partial charge is 0.319 e. The standard InChI is InChI=1S/C12H19OP/c1-12(2,3)10-8-6-7-9-11(10)14(4,5)13/h6-9H,1-5H3. The molecule has 1 aromatic carbocycles. The van der Waals surface area contributed by atoms with Crippen molar-refractivity contribution in [3.8, 4) is 0 Å². The topological polar surface area (TPSA) is 17.1 Å². The van der Waals surface area contributed by atoms with Gasteiger partial charge >= 0.3 is 0 Å². The summed E-state index contributed by atoms with van der Waals surface area (Å²) in [4.78, 5) is 0. The summed E-state index contributed by atoms with van der Waals surface area (Å²) in [5.74, 6) is 0. The molecule has 0 fully saturated rings. The summed E-state index contributed by atoms with van der Waals surface area (Å²) in [6.07, 6.45) is 0. The second-order valence-corrected chi connectivity index (χ2v) is 8.30. The fraction of sp³-hybridized carbons (Fsp3) is 0.500. The highest BCUT2D eigenvalue weighted by Crippen LogP contribution is 2.38. The van der Waals surface area contributed by atoms with Crippen molar-refractivity contribution in [3.63, 3.8) is 0 Å². The van der Waals surface area contributed by atoms with Gasteiger partial charge in [-0.1, -0.05) is 45.0 Å². The first-order valence-electron chi connectivity index (χ1n) is 4.88. The molecule has 0 unspecified atom stereocenters. The molecule has 0 heterocycles. The van der Waals surface area contributed by atoms with Crippen molar-refractivity contribution in [2.45, 2.75) is 26.2 Å². The minimum atomic E-state index is -2.15. The first kappa shape index (κ1) is 11.5. The van der Waals surface area contributed by atoms with Crippen molar-refractivity contribution < 1.29 is 4.57 Å². The quantitative estimate of drug-likeness (QED) is 0.650. The summed E-state index contributed by atoms with van der Waals surface area (Å²) in [7, 11) is -2.15. The molecule has 0 N–H and O–H groups in total. The Morgan fingerprint density at radius 1 is 1.07 bits per heavy atom. The van der Waals surface area contributed by atoms with Crippen LogP contribution in [0.3, 0.4) is 0 Å². The number of rotatable bonds is 1. The van der Waals surface area contributed by atoms with Crippen LogP contribution in [0, 0.1) is 0 Å². The van der Waals surface area contributed by atoms with Gasteiger partial charge < -0.3 is 4.57 Å². The van der Waals surface area contributed by atoms with Crippen LogP contribution < -0.4 is 5.30 Å². The van der Waals surface area contributed by atoms with Crippen LogP contribution in [-0.4, -0.2) is 13.3 Å². The lowest BCUT2D eigenvalue weighted by Gasteiger charge is -2.24. The Morgan fingerprint density at radius 3 is 1.93 bits per heavy atom. The maximum atomic E-state index is 12.1. The first-order chi connectivity index (χ1) is 6.23. The minimum Gasteiger partial charge on any atom is -0.319 e. The van der Waals surface area contributed by atoms with E-state index >= 15 is 0 Å². The first-order valence-corrected chi connectivity index (χ1v) is 7.48. The Morgan fingerprint density at radius 2 is 1.57 bits per heavy atom. The zero-order valence-corrected chi connectivity index (χ0v) is 10.6. The second-order valence-electron chi connectivity index (χ2n) is 5.12. The third-order valence-corrected chi connectivity index (χ3v) is 3.84. The van der Waals surface area contributed by atoms with Gasteiger partial charge in [-0.05, 0) is 24.3 Å². The molecule has 78 valence electrons. The molecule has 2 heteroatoms. The van der Waals surface area contributed by atoms with Gasteiger partial charge in [0.05, 0.1) is 0 Å². The third-order valence-electron chi connectivity index (χ3n) is 2.29. The van der Waals surface area contributed by atoms with Crippen molar-refractivity contribution in [2.75, 3.05) is 13.3 Å². The van der Waals surface area contributed by atoms with Gasteiger partial charge in [0, 0.05) is 5.30 Å². The molecule has 1 rings (SSSR count). The van der Waals surface area contributed by atoms with Crippen LogP contribution in [0.25, 0.3) is 0 Å². The summed E-state index contributed by atoms with van der Waals surface area (Å²) in [5.41, 5.74) is 1.27. The molecule has 0 radical (unpaired) electrons. The summed E-state index contributed by atoms with van der Waals surface area (Å²) >= 11 is 0. The van der Waals surface area contributed by atoms with Gasteiger partial charge in [-0.2, -0.15) is 0 Å². The molecule has 0 saturated heterocycles. The molecule has 0 amide bonds. The fourth-order valence-corrected chi connectivity index (χ4v) is 3.01. The molecule has 0 bridgehead atoms. The van der Waals surface area contributed by atoms with E-state index < -0.39 is 7.14 Å². The van der Waals surface area contributed by atoms with E-state index in [2.05, 4.69) is 26.8 Å². The average Bonchev–Trinajstić information content (AvgIpc) is 2.01. The average molecular weight is 210 g/mol. The Balaban J connectivity index is 3.39. The molecule has 0 atom stereocenters. The van der Waals surface area contributed by atoms with E-state index in [-0.39, 0.29) is 5.41 Å². The smallest absolute Gasteiger partial charge is 0.110 e. The number of hydrogen-bond acceptors (Lipinski definition) is 1. The molecule has 0 aliphatic carbocycles. The van der Waals surface area contributed by atoms with Gasteiger partial charge in [0.15, 0.2) is 0 Å². The van der Waals surface area contributed by atoms with Crippen molar-refractivity contribution in [2.24, 2.45) is 0 Å². The van der Waals surface area contributed by atoms with Gasteiger partial charge in [-0.25, -0.2) is 0 Å². The Hall–Kier alpha value is -0.550. The molecule has 0 aliphatic rings. The van der Waals surface area contributed by atoms with Crippen molar-refractivity contribution in [1.29, 1.82) is 0 Å². The lowest BCUT2D eigenvalue weighted by molar-refractivity contribution is 0.580. The van der Waals surface area contributed by atoms with Crippen molar-refractivity contribution in [1.82, 2.24) is 0 Å². The zero-order chi connectivity index (χ0) is 11.0. The number of benzene rings is 1. The van der Waals surface area contributed by atoms with Crippen LogP contribution in [0.2, 0.25) is 0 Å². The molecule has 0 saturated carbocycles. The highest BCUT2D eigenvalue weighted by molar-refractivity contribution is 7.70. The van der Waals surface area contributed by atoms with E-state index in [0.29, 0.717) is 0 Å². The fourth-order valence-electron chi connectivity index (χ4n) is 1.58. The van der Waals surface area contributed by atoms with Crippen LogP contribution in [0.5, 0.6) is 0 Å². The lowest BCUT2D eigenvalue weighted by atomic mass is 9.87. The summed E-state index contributed by atoms with van der Waals surface area (Å²) in [6, 6.07) is 8.04. The predicted molar refractivity (Wildman–Crippen MR) is 64.2 cm³/mol. The molecule has 0 spiro atoms. The predicted octanol–water partition coefficient (Wildman–Crippen LogP) is 3.23. The van der Waals surface area contributed by atoms with Crippen LogP contribution in [0.15, 0.2) is 24.3 Å². The third kappa shape index (κ3) is 2.48. The normalized spacial score (nSPS) is 12.9. The van der Waals surface area contributed by atoms with Gasteiger partial charge in [-0.15, -0.1) is 0 Å². The van der Waals surface area contributed by atoms with Crippen molar-refractivity contribution >= 4 is 12.4 Å². The van der Waals surface area contributed by atoms with Gasteiger partial charge in [0.2, 0.25) is 0 Å². The maximum absolute atomic E-state index is 12.1. The molecular weight excluding hydrogens is 191 g/mol. The Labute approximate surface area is 86.9 Å². The van der Waals surface area contributed by atoms with Gasteiger partial charge in [0.1, 0.15) is 7.14 Å². The highest BCUT2D eigenvalue weighted by Gasteiger charge is 2.23. The second kappa shape index (κ2) is 3.55. The van der Waals surface area contributed by atoms with Crippen LogP contribution in [-0.2, 0) is 9.98 Å². The lowest BCUT2D eigenvalue weighted by Crippen LogP contribution is -2.22. The molecule has 0 aromatic heterocycles. The molecule has 0 aliphatic heterocycles. The maximum Gasteiger partial charge on any atom is 0.110 e. The van der Waals surface area contributed by atoms with Crippen LogP contribution in [0.1, 0.15) is 26.3 Å². The molecular formula is C12H19OP. The highest BCUT2D eigenvalue weighted by atomic mass is 31.2. The SMILES string of the molecule is CC(C)(C)c1ccccc1P(C)(C)=O. The van der Waals surface area contributed by atoms with E-state index in [1.807, 2.05) is 31.5 Å². The van der Waals surface area contributed by atoms with Gasteiger partial charge in [0.25, 0.3) is 0 Å². The van der Waals surface area contributed by atoms with Crippen LogP contribution >= 0.6 is 7.14 Å². The van der Waals surface area contributed by atoms with Crippen molar-refractivity contribution in [3.05, 3.63) is 29.8 Å². The van der Waals surface area contributed by atoms with E-state index in [1.165, 1.54) is 5.56 Å². The monoisotopic (exact) mass is 210 g/mol. The van der Waals surface area contributed by atoms with E-state index in [0.717, 1.165) is 5.30 Å². The van der Waals surface area contributed by atoms with E-state index in [4.69, 9.17) is 0 Å². The molecule has 1 nitrogen and oxygen atoms in total. The molecule has 1 aromatic rings. The number of hydrogen-bond donors (Lipinski definition) is 0. The van der Waals surface area contributed by atoms with Gasteiger partial charge in [-0.3, -0.25) is 0 Å². The minimum absolute atomic E-state index is 0.0677. The Kier molecular flexibility index (Phi) is 2.92. The van der Waals surface area contributed by atoms with E-state index in [1.54, 1.807) is 0 Å². The Bertz CT molecular complexity index is 368. The van der Waals surface area contributed by atoms with E-state index in [9.17, 15) is 4.57 Å². The summed E-state index contributed by atoms with van der Waals surface area (Å²) < 4.78 is 12.1.